The number of amides is 1. The molecule has 2 N–H and O–H groups in total. The van der Waals surface area contributed by atoms with Crippen molar-refractivity contribution in [2.24, 2.45) is 7.05 Å². The fourth-order valence-electron chi connectivity index (χ4n) is 2.09. The lowest BCUT2D eigenvalue weighted by molar-refractivity contribution is -0.115. The van der Waals surface area contributed by atoms with E-state index in [1.54, 1.807) is 16.9 Å². The molecule has 2 heterocycles. The van der Waals surface area contributed by atoms with Crippen molar-refractivity contribution in [3.05, 3.63) is 42.2 Å². The molecule has 0 aliphatic carbocycles. The van der Waals surface area contributed by atoms with Gasteiger partial charge in [0.2, 0.25) is 5.91 Å². The van der Waals surface area contributed by atoms with Crippen molar-refractivity contribution in [3.8, 4) is 0 Å². The molecule has 6 heteroatoms. The van der Waals surface area contributed by atoms with E-state index in [4.69, 9.17) is 0 Å². The van der Waals surface area contributed by atoms with Crippen LogP contribution in [0.1, 0.15) is 5.69 Å². The minimum atomic E-state index is -0.117. The van der Waals surface area contributed by atoms with Crippen LogP contribution in [0.5, 0.6) is 0 Å². The highest BCUT2D eigenvalue weighted by Crippen LogP contribution is 2.18. The van der Waals surface area contributed by atoms with Gasteiger partial charge in [-0.1, -0.05) is 18.2 Å². The van der Waals surface area contributed by atoms with Gasteiger partial charge < -0.3 is 5.32 Å². The maximum absolute atomic E-state index is 11.9. The fraction of sp³-hybridized carbons (Fsp3) is 0.154. The number of rotatable bonds is 3. The molecule has 0 spiro atoms. The van der Waals surface area contributed by atoms with E-state index in [-0.39, 0.29) is 12.3 Å². The van der Waals surface area contributed by atoms with Crippen LogP contribution in [0, 0.1) is 0 Å². The van der Waals surface area contributed by atoms with E-state index < -0.39 is 0 Å². The molecule has 1 aromatic carbocycles. The number of carbonyl (C=O) groups excluding carboxylic acids is 1. The lowest BCUT2D eigenvalue weighted by Crippen LogP contribution is -2.15. The summed E-state index contributed by atoms with van der Waals surface area (Å²) in [6.45, 7) is 0. The number of anilines is 1. The van der Waals surface area contributed by atoms with Crippen molar-refractivity contribution in [3.63, 3.8) is 0 Å². The van der Waals surface area contributed by atoms with E-state index in [9.17, 15) is 4.79 Å². The first-order valence-electron chi connectivity index (χ1n) is 5.94. The maximum Gasteiger partial charge on any atom is 0.231 e. The number of carbonyl (C=O) groups is 1. The Morgan fingerprint density at radius 2 is 2.21 bits per heavy atom. The van der Waals surface area contributed by atoms with Gasteiger partial charge in [-0.15, -0.1) is 0 Å². The summed E-state index contributed by atoms with van der Waals surface area (Å²) in [7, 11) is 1.87. The lowest BCUT2D eigenvalue weighted by atomic mass is 10.1. The van der Waals surface area contributed by atoms with Crippen LogP contribution in [-0.4, -0.2) is 25.9 Å². The molecule has 2 aromatic heterocycles. The molecule has 0 bridgehead atoms. The zero-order chi connectivity index (χ0) is 13.2. The summed E-state index contributed by atoms with van der Waals surface area (Å²) in [4.78, 5) is 11.9. The topological polar surface area (TPSA) is 75.6 Å². The lowest BCUT2D eigenvalue weighted by Gasteiger charge is -2.00. The molecule has 0 aliphatic heterocycles. The number of hydrogen-bond acceptors (Lipinski definition) is 3. The van der Waals surface area contributed by atoms with Crippen LogP contribution < -0.4 is 5.32 Å². The number of H-pyrrole nitrogens is 1. The third kappa shape index (κ3) is 2.20. The Labute approximate surface area is 109 Å². The van der Waals surface area contributed by atoms with Crippen molar-refractivity contribution >= 4 is 22.6 Å². The van der Waals surface area contributed by atoms with E-state index in [0.29, 0.717) is 5.82 Å². The van der Waals surface area contributed by atoms with E-state index in [1.165, 1.54) is 0 Å². The minimum Gasteiger partial charge on any atom is -0.311 e. The third-order valence-corrected chi connectivity index (χ3v) is 2.94. The highest BCUT2D eigenvalue weighted by Gasteiger charge is 2.12. The Bertz CT molecular complexity index is 714. The third-order valence-electron chi connectivity index (χ3n) is 2.94. The molecule has 0 aliphatic rings. The summed E-state index contributed by atoms with van der Waals surface area (Å²) in [5.41, 5.74) is 1.79. The molecule has 0 saturated carbocycles. The normalized spacial score (nSPS) is 10.8. The van der Waals surface area contributed by atoms with E-state index in [0.717, 1.165) is 16.6 Å². The number of fused-ring (bicyclic) bond motifs is 1. The quantitative estimate of drug-likeness (QED) is 0.744. The molecule has 0 saturated heterocycles. The van der Waals surface area contributed by atoms with Crippen LogP contribution in [0.2, 0.25) is 0 Å². The summed E-state index contributed by atoms with van der Waals surface area (Å²) in [5, 5.41) is 14.6. The first-order chi connectivity index (χ1) is 9.24. The van der Waals surface area contributed by atoms with Crippen LogP contribution >= 0.6 is 0 Å². The van der Waals surface area contributed by atoms with Crippen molar-refractivity contribution < 1.29 is 4.79 Å². The Morgan fingerprint density at radius 1 is 1.37 bits per heavy atom. The predicted molar refractivity (Wildman–Crippen MR) is 71.6 cm³/mol. The van der Waals surface area contributed by atoms with Crippen molar-refractivity contribution in [1.29, 1.82) is 0 Å². The van der Waals surface area contributed by atoms with Gasteiger partial charge in [-0.25, -0.2) is 0 Å². The number of hydrogen-bond donors (Lipinski definition) is 2. The molecule has 6 nitrogen and oxygen atoms in total. The molecular formula is C13H13N5O. The summed E-state index contributed by atoms with van der Waals surface area (Å²) in [6.07, 6.45) is 1.83. The summed E-state index contributed by atoms with van der Waals surface area (Å²) >= 11 is 0. The Kier molecular flexibility index (Phi) is 2.75. The second-order valence-electron chi connectivity index (χ2n) is 4.28. The highest BCUT2D eigenvalue weighted by molar-refractivity contribution is 5.94. The molecular weight excluding hydrogens is 242 g/mol. The van der Waals surface area contributed by atoms with Gasteiger partial charge in [-0.2, -0.15) is 10.2 Å². The largest absolute Gasteiger partial charge is 0.311 e. The van der Waals surface area contributed by atoms with Gasteiger partial charge in [0.15, 0.2) is 0 Å². The number of aromatic amines is 1. The van der Waals surface area contributed by atoms with Crippen molar-refractivity contribution in [1.82, 2.24) is 20.0 Å². The van der Waals surface area contributed by atoms with Gasteiger partial charge in [0.1, 0.15) is 5.82 Å². The van der Waals surface area contributed by atoms with Crippen molar-refractivity contribution in [2.45, 2.75) is 6.42 Å². The molecule has 0 radical (unpaired) electrons. The smallest absolute Gasteiger partial charge is 0.231 e. The Balaban J connectivity index is 1.83. The monoisotopic (exact) mass is 255 g/mol. The summed E-state index contributed by atoms with van der Waals surface area (Å²) in [6, 6.07) is 9.56. The van der Waals surface area contributed by atoms with Crippen LogP contribution in [-0.2, 0) is 18.3 Å². The molecule has 96 valence electrons. The Hall–Kier alpha value is -2.63. The SMILES string of the molecule is Cn1nc(CC(=O)Nc2ccn[nH]2)c2ccccc21. The number of aryl methyl sites for hydroxylation is 1. The van der Waals surface area contributed by atoms with E-state index in [1.807, 2.05) is 31.3 Å². The van der Waals surface area contributed by atoms with Gasteiger partial charge in [0.05, 0.1) is 23.8 Å². The molecule has 19 heavy (non-hydrogen) atoms. The average Bonchev–Trinajstić information content (AvgIpc) is 3.00. The number of benzene rings is 1. The number of nitrogens with one attached hydrogen (secondary N) is 2. The van der Waals surface area contributed by atoms with Crippen LogP contribution in [0.15, 0.2) is 36.5 Å². The van der Waals surface area contributed by atoms with Gasteiger partial charge in [-0.05, 0) is 6.07 Å². The van der Waals surface area contributed by atoms with Gasteiger partial charge >= 0.3 is 0 Å². The zero-order valence-corrected chi connectivity index (χ0v) is 10.4. The molecule has 3 rings (SSSR count). The number of para-hydroxylation sites is 1. The van der Waals surface area contributed by atoms with Crippen molar-refractivity contribution in [2.75, 3.05) is 5.32 Å². The first-order valence-corrected chi connectivity index (χ1v) is 5.94. The van der Waals surface area contributed by atoms with Gasteiger partial charge in [0, 0.05) is 18.5 Å². The standard InChI is InChI=1S/C13H13N5O/c1-18-11-5-3-2-4-9(11)10(17-18)8-13(19)15-12-6-7-14-16-12/h2-7H,8H2,1H3,(H2,14,15,16,19). The van der Waals surface area contributed by atoms with E-state index >= 15 is 0 Å². The van der Waals surface area contributed by atoms with Crippen LogP contribution in [0.3, 0.4) is 0 Å². The minimum absolute atomic E-state index is 0.117. The second-order valence-corrected chi connectivity index (χ2v) is 4.28. The predicted octanol–water partition coefficient (Wildman–Crippen LogP) is 1.48. The van der Waals surface area contributed by atoms with Crippen LogP contribution in [0.25, 0.3) is 10.9 Å². The maximum atomic E-state index is 11.9. The zero-order valence-electron chi connectivity index (χ0n) is 10.4. The molecule has 1 amide bonds. The second kappa shape index (κ2) is 4.56. The number of nitrogens with zero attached hydrogens (tertiary/aromatic N) is 3. The van der Waals surface area contributed by atoms with Gasteiger partial charge in [-0.3, -0.25) is 14.6 Å². The molecule has 0 unspecified atom stereocenters. The fourth-order valence-corrected chi connectivity index (χ4v) is 2.09. The van der Waals surface area contributed by atoms with E-state index in [2.05, 4.69) is 20.6 Å². The molecule has 0 atom stereocenters. The summed E-state index contributed by atoms with van der Waals surface area (Å²) in [5.74, 6) is 0.471. The molecule has 3 aromatic rings. The first kappa shape index (κ1) is 11.5. The highest BCUT2D eigenvalue weighted by atomic mass is 16.1. The Morgan fingerprint density at radius 3 is 3.00 bits per heavy atom. The molecule has 0 fully saturated rings. The average molecular weight is 255 g/mol. The van der Waals surface area contributed by atoms with Crippen LogP contribution in [0.4, 0.5) is 5.82 Å². The number of aromatic nitrogens is 4. The summed E-state index contributed by atoms with van der Waals surface area (Å²) < 4.78 is 1.79. The van der Waals surface area contributed by atoms with Gasteiger partial charge in [0.25, 0.3) is 0 Å².